The standard InChI is InChI=1S/C37H50N2O9/c1-26(38)37(41)39-22-31(40)36(35(23-39)48-24-27-11-16-33(44-4)34(21-27)47-20-7-17-42-2)28-12-14-30(15-13-28)46-19-8-18-45-25-29-9-5-6-10-32(29)43-3/h5-6,9-16,21,26,31,35-36,40H,7-8,17-20,22-25,38H2,1-4H3/t26?,31-,35+,36+/m1/s1. The maximum Gasteiger partial charge on any atom is 0.239 e. The smallest absolute Gasteiger partial charge is 0.239 e. The van der Waals surface area contributed by atoms with E-state index in [1.165, 1.54) is 0 Å². The number of rotatable bonds is 19. The van der Waals surface area contributed by atoms with E-state index in [1.807, 2.05) is 66.7 Å². The van der Waals surface area contributed by atoms with Crippen molar-refractivity contribution in [2.75, 3.05) is 60.8 Å². The van der Waals surface area contributed by atoms with Crippen molar-refractivity contribution < 1.29 is 43.1 Å². The second-order valence-electron chi connectivity index (χ2n) is 11.8. The van der Waals surface area contributed by atoms with E-state index in [1.54, 1.807) is 33.2 Å². The summed E-state index contributed by atoms with van der Waals surface area (Å²) in [5.74, 6) is 2.17. The molecule has 3 aromatic carbocycles. The fourth-order valence-corrected chi connectivity index (χ4v) is 5.71. The molecule has 48 heavy (non-hydrogen) atoms. The fourth-order valence-electron chi connectivity index (χ4n) is 5.71. The Morgan fingerprint density at radius 2 is 1.58 bits per heavy atom. The molecule has 0 radical (unpaired) electrons. The number of nitrogens with zero attached hydrogens (tertiary/aromatic N) is 1. The van der Waals surface area contributed by atoms with Gasteiger partial charge in [0.2, 0.25) is 5.91 Å². The normalized spacial score (nSPS) is 18.3. The van der Waals surface area contributed by atoms with Crippen LogP contribution < -0.4 is 24.7 Å². The number of aliphatic hydroxyl groups is 1. The number of ether oxygens (including phenoxy) is 7. The number of carbonyl (C=O) groups excluding carboxylic acids is 1. The van der Waals surface area contributed by atoms with Crippen molar-refractivity contribution >= 4 is 5.91 Å². The summed E-state index contributed by atoms with van der Waals surface area (Å²) in [5, 5.41) is 11.3. The Morgan fingerprint density at radius 1 is 0.854 bits per heavy atom. The molecular formula is C37H50N2O9. The van der Waals surface area contributed by atoms with E-state index in [0.29, 0.717) is 51.1 Å². The summed E-state index contributed by atoms with van der Waals surface area (Å²) >= 11 is 0. The van der Waals surface area contributed by atoms with Gasteiger partial charge in [-0.2, -0.15) is 0 Å². The van der Waals surface area contributed by atoms with Gasteiger partial charge in [0.25, 0.3) is 0 Å². The Labute approximate surface area is 283 Å². The molecule has 3 aromatic rings. The predicted molar refractivity (Wildman–Crippen MR) is 182 cm³/mol. The van der Waals surface area contributed by atoms with Crippen LogP contribution in [0, 0.1) is 0 Å². The second-order valence-corrected chi connectivity index (χ2v) is 11.8. The molecule has 0 spiro atoms. The van der Waals surface area contributed by atoms with Crippen LogP contribution in [-0.4, -0.2) is 95.0 Å². The molecule has 0 bridgehead atoms. The minimum Gasteiger partial charge on any atom is -0.496 e. The first-order chi connectivity index (χ1) is 23.3. The van der Waals surface area contributed by atoms with Crippen LogP contribution in [0.1, 0.15) is 42.4 Å². The highest BCUT2D eigenvalue weighted by atomic mass is 16.5. The lowest BCUT2D eigenvalue weighted by atomic mass is 9.84. The molecule has 262 valence electrons. The van der Waals surface area contributed by atoms with Crippen LogP contribution in [0.25, 0.3) is 0 Å². The van der Waals surface area contributed by atoms with Gasteiger partial charge in [0.15, 0.2) is 11.5 Å². The first kappa shape index (κ1) is 37.0. The van der Waals surface area contributed by atoms with Crippen molar-refractivity contribution in [2.45, 2.75) is 57.1 Å². The molecule has 0 aliphatic carbocycles. The number of β-amino-alcohol motifs (C(OH)–C–C–N with tert-alkyl or cyclic N) is 1. The van der Waals surface area contributed by atoms with Gasteiger partial charge in [-0.3, -0.25) is 4.79 Å². The third-order valence-corrected chi connectivity index (χ3v) is 8.18. The van der Waals surface area contributed by atoms with Crippen molar-refractivity contribution in [3.63, 3.8) is 0 Å². The molecule has 4 rings (SSSR count). The number of carbonyl (C=O) groups is 1. The van der Waals surface area contributed by atoms with Crippen molar-refractivity contribution in [2.24, 2.45) is 5.73 Å². The number of para-hydroxylation sites is 1. The second kappa shape index (κ2) is 19.2. The molecule has 1 fully saturated rings. The van der Waals surface area contributed by atoms with E-state index in [9.17, 15) is 9.90 Å². The first-order valence-electron chi connectivity index (χ1n) is 16.4. The number of hydrogen-bond acceptors (Lipinski definition) is 10. The molecule has 1 unspecified atom stereocenters. The van der Waals surface area contributed by atoms with Crippen molar-refractivity contribution in [3.05, 3.63) is 83.4 Å². The van der Waals surface area contributed by atoms with E-state index in [-0.39, 0.29) is 25.0 Å². The molecule has 3 N–H and O–H groups in total. The molecule has 1 aliphatic rings. The highest BCUT2D eigenvalue weighted by Gasteiger charge is 2.40. The Morgan fingerprint density at radius 3 is 2.31 bits per heavy atom. The third-order valence-electron chi connectivity index (χ3n) is 8.18. The molecule has 11 nitrogen and oxygen atoms in total. The summed E-state index contributed by atoms with van der Waals surface area (Å²) in [6.45, 7) is 4.96. The molecule has 0 saturated carbocycles. The van der Waals surface area contributed by atoms with Gasteiger partial charge < -0.3 is 48.9 Å². The Bertz CT molecular complexity index is 1400. The van der Waals surface area contributed by atoms with E-state index in [2.05, 4.69) is 0 Å². The van der Waals surface area contributed by atoms with E-state index in [4.69, 9.17) is 38.9 Å². The lowest BCUT2D eigenvalue weighted by Crippen LogP contribution is -2.56. The van der Waals surface area contributed by atoms with Gasteiger partial charge in [0.1, 0.15) is 11.5 Å². The van der Waals surface area contributed by atoms with Gasteiger partial charge in [-0.1, -0.05) is 36.4 Å². The number of hydrogen-bond donors (Lipinski definition) is 2. The van der Waals surface area contributed by atoms with Crippen LogP contribution >= 0.6 is 0 Å². The Hall–Kier alpha value is -3.87. The molecule has 1 saturated heterocycles. The first-order valence-corrected chi connectivity index (χ1v) is 16.4. The van der Waals surface area contributed by atoms with Gasteiger partial charge in [0.05, 0.1) is 65.5 Å². The minimum absolute atomic E-state index is 0.167. The molecule has 11 heteroatoms. The zero-order valence-corrected chi connectivity index (χ0v) is 28.5. The number of benzene rings is 3. The zero-order valence-electron chi connectivity index (χ0n) is 28.5. The molecule has 4 atom stereocenters. The van der Waals surface area contributed by atoms with E-state index in [0.717, 1.165) is 41.0 Å². The number of likely N-dealkylation sites (tertiary alicyclic amines) is 1. The molecule has 1 heterocycles. The quantitative estimate of drug-likeness (QED) is 0.178. The van der Waals surface area contributed by atoms with E-state index < -0.39 is 18.2 Å². The highest BCUT2D eigenvalue weighted by Crippen LogP contribution is 2.34. The van der Waals surface area contributed by atoms with Gasteiger partial charge in [0, 0.05) is 51.1 Å². The monoisotopic (exact) mass is 666 g/mol. The average molecular weight is 667 g/mol. The summed E-state index contributed by atoms with van der Waals surface area (Å²) in [4.78, 5) is 14.4. The summed E-state index contributed by atoms with van der Waals surface area (Å²) in [5.41, 5.74) is 8.69. The number of nitrogens with two attached hydrogens (primary N) is 1. The number of amides is 1. The lowest BCUT2D eigenvalue weighted by molar-refractivity contribution is -0.143. The van der Waals surface area contributed by atoms with Gasteiger partial charge in [-0.15, -0.1) is 0 Å². The maximum atomic E-state index is 12.8. The third kappa shape index (κ3) is 10.6. The zero-order chi connectivity index (χ0) is 34.3. The topological polar surface area (TPSA) is 131 Å². The number of aliphatic hydroxyl groups excluding tert-OH is 1. The van der Waals surface area contributed by atoms with Gasteiger partial charge >= 0.3 is 0 Å². The van der Waals surface area contributed by atoms with Gasteiger partial charge in [-0.05, 0) is 48.4 Å². The van der Waals surface area contributed by atoms with Crippen LogP contribution in [0.2, 0.25) is 0 Å². The van der Waals surface area contributed by atoms with Crippen LogP contribution in [0.15, 0.2) is 66.7 Å². The number of methoxy groups -OCH3 is 3. The Balaban J connectivity index is 1.37. The molecule has 0 aromatic heterocycles. The van der Waals surface area contributed by atoms with Crippen LogP contribution in [0.5, 0.6) is 23.0 Å². The van der Waals surface area contributed by atoms with Crippen molar-refractivity contribution in [1.29, 1.82) is 0 Å². The fraction of sp³-hybridized carbons (Fsp3) is 0.486. The van der Waals surface area contributed by atoms with Crippen LogP contribution in [0.4, 0.5) is 0 Å². The molecule has 1 amide bonds. The maximum absolute atomic E-state index is 12.8. The minimum atomic E-state index is -0.853. The Kier molecular flexibility index (Phi) is 14.8. The summed E-state index contributed by atoms with van der Waals surface area (Å²) < 4.78 is 40.1. The summed E-state index contributed by atoms with van der Waals surface area (Å²) in [6.07, 6.45) is 0.128. The summed E-state index contributed by atoms with van der Waals surface area (Å²) in [7, 11) is 4.91. The largest absolute Gasteiger partial charge is 0.496 e. The van der Waals surface area contributed by atoms with E-state index >= 15 is 0 Å². The van der Waals surface area contributed by atoms with Crippen molar-refractivity contribution in [3.8, 4) is 23.0 Å². The summed E-state index contributed by atoms with van der Waals surface area (Å²) in [6, 6.07) is 20.4. The SMILES string of the molecule is COCCCOc1cc(CO[C@H]2CN(C(=O)C(C)N)C[C@@H](O)[C@@H]2c2ccc(OCCCOCc3ccccc3OC)cc2)ccc1OC. The van der Waals surface area contributed by atoms with Crippen molar-refractivity contribution in [1.82, 2.24) is 4.90 Å². The van der Waals surface area contributed by atoms with Crippen LogP contribution in [-0.2, 0) is 32.2 Å². The predicted octanol–water partition coefficient (Wildman–Crippen LogP) is 4.32. The number of piperidine rings is 1. The van der Waals surface area contributed by atoms with Gasteiger partial charge in [-0.25, -0.2) is 0 Å². The van der Waals surface area contributed by atoms with Crippen LogP contribution in [0.3, 0.4) is 0 Å². The lowest BCUT2D eigenvalue weighted by Gasteiger charge is -2.42. The average Bonchev–Trinajstić information content (AvgIpc) is 3.10. The molecular weight excluding hydrogens is 616 g/mol. The molecule has 1 aliphatic heterocycles. The highest BCUT2D eigenvalue weighted by molar-refractivity contribution is 5.81.